The molecular weight excluding hydrogens is 449 g/mol. The monoisotopic (exact) mass is 473 g/mol. The fourth-order valence-electron chi connectivity index (χ4n) is 3.40. The Balaban J connectivity index is 1.52. The highest BCUT2D eigenvalue weighted by Crippen LogP contribution is 2.29. The van der Waals surface area contributed by atoms with E-state index in [0.717, 1.165) is 17.3 Å². The van der Waals surface area contributed by atoms with Crippen molar-refractivity contribution in [3.8, 4) is 0 Å². The van der Waals surface area contributed by atoms with Crippen molar-refractivity contribution in [2.24, 2.45) is 4.99 Å². The molecule has 0 saturated heterocycles. The van der Waals surface area contributed by atoms with Gasteiger partial charge >= 0.3 is 0 Å². The van der Waals surface area contributed by atoms with Gasteiger partial charge in [0.2, 0.25) is 5.91 Å². The van der Waals surface area contributed by atoms with Gasteiger partial charge in [0.1, 0.15) is 11.5 Å². The van der Waals surface area contributed by atoms with Crippen LogP contribution in [0.15, 0.2) is 89.6 Å². The van der Waals surface area contributed by atoms with Crippen molar-refractivity contribution in [3.05, 3.63) is 102 Å². The van der Waals surface area contributed by atoms with Crippen molar-refractivity contribution < 1.29 is 14.0 Å². The van der Waals surface area contributed by atoms with Crippen LogP contribution in [0.3, 0.4) is 0 Å². The number of hydrogen-bond acceptors (Lipinski definition) is 4. The highest BCUT2D eigenvalue weighted by molar-refractivity contribution is 8.14. The third-order valence-corrected chi connectivity index (χ3v) is 6.15. The summed E-state index contributed by atoms with van der Waals surface area (Å²) in [6.45, 7) is 4.22. The molecule has 0 radical (unpaired) electrons. The van der Waals surface area contributed by atoms with E-state index in [0.29, 0.717) is 22.5 Å². The van der Waals surface area contributed by atoms with Crippen LogP contribution >= 0.6 is 11.8 Å². The van der Waals surface area contributed by atoms with Gasteiger partial charge in [-0.25, -0.2) is 9.38 Å². The number of carbonyl (C=O) groups is 2. The maximum atomic E-state index is 13.5. The molecule has 0 unspecified atom stereocenters. The van der Waals surface area contributed by atoms with Crippen LogP contribution in [0.5, 0.6) is 0 Å². The van der Waals surface area contributed by atoms with Crippen molar-refractivity contribution in [2.75, 3.05) is 16.0 Å². The van der Waals surface area contributed by atoms with Crippen LogP contribution in [0.4, 0.5) is 15.8 Å². The molecule has 172 valence electrons. The Bertz CT molecular complexity index is 1240. The number of halogens is 1. The number of nitrogens with zero attached hydrogens (tertiary/aromatic N) is 2. The molecule has 5 nitrogen and oxygen atoms in total. The Hall–Kier alpha value is -3.71. The second-order valence-electron chi connectivity index (χ2n) is 8.07. The van der Waals surface area contributed by atoms with Crippen LogP contribution in [0.2, 0.25) is 0 Å². The Morgan fingerprint density at radius 3 is 2.35 bits per heavy atom. The molecule has 1 N–H and O–H groups in total. The van der Waals surface area contributed by atoms with Crippen molar-refractivity contribution in [3.63, 3.8) is 0 Å². The molecule has 4 rings (SSSR count). The Morgan fingerprint density at radius 2 is 1.71 bits per heavy atom. The van der Waals surface area contributed by atoms with Crippen LogP contribution in [-0.4, -0.2) is 22.7 Å². The first-order valence-electron chi connectivity index (χ1n) is 10.9. The highest BCUT2D eigenvalue weighted by Gasteiger charge is 2.32. The Morgan fingerprint density at radius 1 is 1.03 bits per heavy atom. The zero-order valence-corrected chi connectivity index (χ0v) is 19.7. The summed E-state index contributed by atoms with van der Waals surface area (Å²) >= 11 is 1.15. The standard InChI is InChI=1S/C27H24FN3O2S/c1-18(2)20-8-12-22(13-9-20)29-25(32)17-34-27-30-24(16-19-6-4-3-5-7-19)26(33)31(27)23-14-10-21(28)11-15-23/h3-16,18H,17H2,1-2H3,(H,29,32). The predicted octanol–water partition coefficient (Wildman–Crippen LogP) is 6.06. The van der Waals surface area contributed by atoms with Crippen molar-refractivity contribution in [2.45, 2.75) is 19.8 Å². The number of carbonyl (C=O) groups excluding carboxylic acids is 2. The quantitative estimate of drug-likeness (QED) is 0.443. The predicted molar refractivity (Wildman–Crippen MR) is 137 cm³/mol. The first kappa shape index (κ1) is 23.4. The molecular formula is C27H24FN3O2S. The van der Waals surface area contributed by atoms with Gasteiger partial charge < -0.3 is 5.32 Å². The van der Waals surface area contributed by atoms with E-state index < -0.39 is 5.82 Å². The lowest BCUT2D eigenvalue weighted by atomic mass is 10.0. The number of nitrogens with one attached hydrogen (secondary N) is 1. The number of aliphatic imine (C=N–C) groups is 1. The molecule has 34 heavy (non-hydrogen) atoms. The van der Waals surface area contributed by atoms with E-state index in [1.807, 2.05) is 54.6 Å². The fraction of sp³-hybridized carbons (Fsp3) is 0.148. The van der Waals surface area contributed by atoms with Crippen LogP contribution in [0.25, 0.3) is 6.08 Å². The van der Waals surface area contributed by atoms with Crippen LogP contribution in [0.1, 0.15) is 30.9 Å². The van der Waals surface area contributed by atoms with Gasteiger partial charge in [-0.3, -0.25) is 14.5 Å². The van der Waals surface area contributed by atoms with E-state index in [1.165, 1.54) is 34.7 Å². The van der Waals surface area contributed by atoms with Crippen LogP contribution in [-0.2, 0) is 9.59 Å². The van der Waals surface area contributed by atoms with Crippen LogP contribution < -0.4 is 10.2 Å². The summed E-state index contributed by atoms with van der Waals surface area (Å²) in [5.41, 5.74) is 3.47. The largest absolute Gasteiger partial charge is 0.325 e. The molecule has 3 aromatic carbocycles. The lowest BCUT2D eigenvalue weighted by Gasteiger charge is -2.17. The fourth-order valence-corrected chi connectivity index (χ4v) is 4.21. The number of amides is 2. The van der Waals surface area contributed by atoms with E-state index in [4.69, 9.17) is 0 Å². The molecule has 1 aliphatic rings. The summed E-state index contributed by atoms with van der Waals surface area (Å²) < 4.78 is 13.5. The second kappa shape index (κ2) is 10.5. The van der Waals surface area contributed by atoms with Gasteiger partial charge in [-0.15, -0.1) is 0 Å². The first-order valence-corrected chi connectivity index (χ1v) is 11.9. The Kier molecular flexibility index (Phi) is 7.23. The lowest BCUT2D eigenvalue weighted by Crippen LogP contribution is -2.31. The normalized spacial score (nSPS) is 14.6. The summed E-state index contributed by atoms with van der Waals surface area (Å²) in [6.07, 6.45) is 1.70. The van der Waals surface area contributed by atoms with E-state index in [1.54, 1.807) is 6.08 Å². The molecule has 1 aliphatic heterocycles. The van der Waals surface area contributed by atoms with Gasteiger partial charge in [0.25, 0.3) is 5.91 Å². The van der Waals surface area contributed by atoms with Gasteiger partial charge in [0.05, 0.1) is 11.4 Å². The van der Waals surface area contributed by atoms with E-state index in [2.05, 4.69) is 24.2 Å². The smallest absolute Gasteiger partial charge is 0.283 e. The molecule has 3 aromatic rings. The maximum Gasteiger partial charge on any atom is 0.283 e. The molecule has 2 amide bonds. The number of benzene rings is 3. The molecule has 0 spiro atoms. The second-order valence-corrected chi connectivity index (χ2v) is 9.01. The molecule has 0 aromatic heterocycles. The van der Waals surface area contributed by atoms with Crippen molar-refractivity contribution >= 4 is 46.2 Å². The lowest BCUT2D eigenvalue weighted by molar-refractivity contribution is -0.114. The minimum absolute atomic E-state index is 0.0638. The summed E-state index contributed by atoms with van der Waals surface area (Å²) in [5, 5.41) is 3.24. The zero-order chi connectivity index (χ0) is 24.1. The van der Waals surface area contributed by atoms with Crippen molar-refractivity contribution in [1.29, 1.82) is 0 Å². The van der Waals surface area contributed by atoms with Gasteiger partial charge in [-0.2, -0.15) is 0 Å². The van der Waals surface area contributed by atoms with E-state index >= 15 is 0 Å². The van der Waals surface area contributed by atoms with Gasteiger partial charge in [0.15, 0.2) is 5.17 Å². The number of thioether (sulfide) groups is 1. The van der Waals surface area contributed by atoms with E-state index in [-0.39, 0.29) is 23.3 Å². The van der Waals surface area contributed by atoms with Gasteiger partial charge in [0, 0.05) is 5.69 Å². The molecule has 0 aliphatic carbocycles. The minimum atomic E-state index is -0.399. The first-order chi connectivity index (χ1) is 16.4. The van der Waals surface area contributed by atoms with Gasteiger partial charge in [-0.05, 0) is 59.5 Å². The van der Waals surface area contributed by atoms with Gasteiger partial charge in [-0.1, -0.05) is 68.1 Å². The maximum absolute atomic E-state index is 13.5. The highest BCUT2D eigenvalue weighted by atomic mass is 32.2. The van der Waals surface area contributed by atoms with E-state index in [9.17, 15) is 14.0 Å². The molecule has 0 saturated carbocycles. The number of anilines is 2. The number of rotatable bonds is 6. The molecule has 0 bridgehead atoms. The summed E-state index contributed by atoms with van der Waals surface area (Å²) in [4.78, 5) is 31.6. The number of hydrogen-bond donors (Lipinski definition) is 1. The average Bonchev–Trinajstić information content (AvgIpc) is 3.14. The molecule has 0 atom stereocenters. The molecule has 1 heterocycles. The zero-order valence-electron chi connectivity index (χ0n) is 18.9. The SMILES string of the molecule is CC(C)c1ccc(NC(=O)CSC2=NC(=Cc3ccccc3)C(=O)N2c2ccc(F)cc2)cc1. The Labute approximate surface area is 202 Å². The summed E-state index contributed by atoms with van der Waals surface area (Å²) in [6, 6.07) is 22.7. The third kappa shape index (κ3) is 5.61. The topological polar surface area (TPSA) is 61.8 Å². The molecule has 7 heteroatoms. The average molecular weight is 474 g/mol. The third-order valence-electron chi connectivity index (χ3n) is 5.21. The number of amidine groups is 1. The molecule has 0 fully saturated rings. The summed E-state index contributed by atoms with van der Waals surface area (Å²) in [5.74, 6) is -0.466. The van der Waals surface area contributed by atoms with Crippen LogP contribution in [0, 0.1) is 5.82 Å². The summed E-state index contributed by atoms with van der Waals surface area (Å²) in [7, 11) is 0. The van der Waals surface area contributed by atoms with Crippen molar-refractivity contribution in [1.82, 2.24) is 0 Å². The minimum Gasteiger partial charge on any atom is -0.325 e.